The van der Waals surface area contributed by atoms with E-state index in [1.165, 1.54) is 0 Å². The highest BCUT2D eigenvalue weighted by molar-refractivity contribution is 5.68. The minimum absolute atomic E-state index is 0.101. The van der Waals surface area contributed by atoms with Gasteiger partial charge in [0.25, 0.3) is 0 Å². The van der Waals surface area contributed by atoms with Gasteiger partial charge in [0.2, 0.25) is 0 Å². The molecule has 1 amide bonds. The fraction of sp³-hybridized carbons (Fsp3) is 0.917. The van der Waals surface area contributed by atoms with Crippen LogP contribution in [-0.2, 0) is 4.74 Å². The Morgan fingerprint density at radius 2 is 1.88 bits per heavy atom. The average Bonchev–Trinajstić information content (AvgIpc) is 1.92. The van der Waals surface area contributed by atoms with Crippen molar-refractivity contribution in [1.29, 1.82) is 0 Å². The van der Waals surface area contributed by atoms with E-state index < -0.39 is 24.0 Å². The zero-order valence-corrected chi connectivity index (χ0v) is 10.6. The molecule has 3 rings (SSSR count). The Hall–Kier alpha value is -0.810. The number of ether oxygens (including phenoxy) is 1. The minimum Gasteiger partial charge on any atom is -0.444 e. The highest BCUT2D eigenvalue weighted by Crippen LogP contribution is 2.66. The second-order valence-electron chi connectivity index (χ2n) is 6.38. The van der Waals surface area contributed by atoms with Crippen LogP contribution in [0.5, 0.6) is 0 Å². The summed E-state index contributed by atoms with van der Waals surface area (Å²) in [5.74, 6) is 0.719. The summed E-state index contributed by atoms with van der Waals surface area (Å²) in [5.41, 5.74) is -0.676. The standard InChI is InChI=1S/C12H21NO4/c1-11(2,3)17-10(16)13-8(9(14)15)12-4-7(5-12)6-12/h7-9,14-15H,4-6H2,1-3H3,(H,13,16). The average molecular weight is 243 g/mol. The smallest absolute Gasteiger partial charge is 0.408 e. The van der Waals surface area contributed by atoms with Crippen LogP contribution in [0.15, 0.2) is 0 Å². The van der Waals surface area contributed by atoms with Gasteiger partial charge < -0.3 is 20.3 Å². The van der Waals surface area contributed by atoms with Gasteiger partial charge in [-0.15, -0.1) is 0 Å². The van der Waals surface area contributed by atoms with Gasteiger partial charge in [-0.1, -0.05) is 0 Å². The summed E-state index contributed by atoms with van der Waals surface area (Å²) in [5, 5.41) is 21.3. The van der Waals surface area contributed by atoms with Gasteiger partial charge >= 0.3 is 6.09 Å². The predicted molar refractivity (Wildman–Crippen MR) is 61.2 cm³/mol. The molecule has 3 fully saturated rings. The Balaban J connectivity index is 1.92. The maximum Gasteiger partial charge on any atom is 0.408 e. The van der Waals surface area contributed by atoms with E-state index in [1.54, 1.807) is 20.8 Å². The zero-order valence-electron chi connectivity index (χ0n) is 10.6. The first-order valence-corrected chi connectivity index (χ1v) is 6.07. The molecule has 5 heteroatoms. The lowest BCUT2D eigenvalue weighted by Crippen LogP contribution is -2.67. The first-order chi connectivity index (χ1) is 7.72. The van der Waals surface area contributed by atoms with Crippen molar-refractivity contribution in [3.05, 3.63) is 0 Å². The SMILES string of the molecule is CC(C)(C)OC(=O)NC(C(O)O)C12CC(C1)C2. The molecule has 3 saturated carbocycles. The van der Waals surface area contributed by atoms with Crippen LogP contribution < -0.4 is 5.32 Å². The lowest BCUT2D eigenvalue weighted by atomic mass is 9.41. The molecule has 17 heavy (non-hydrogen) atoms. The highest BCUT2D eigenvalue weighted by atomic mass is 16.6. The molecular formula is C12H21NO4. The summed E-state index contributed by atoms with van der Waals surface area (Å²) >= 11 is 0. The summed E-state index contributed by atoms with van der Waals surface area (Å²) in [6, 6.07) is -0.609. The van der Waals surface area contributed by atoms with Crippen LogP contribution in [0, 0.1) is 11.3 Å². The van der Waals surface area contributed by atoms with E-state index >= 15 is 0 Å². The van der Waals surface area contributed by atoms with E-state index in [-0.39, 0.29) is 5.41 Å². The van der Waals surface area contributed by atoms with Crippen LogP contribution in [0.4, 0.5) is 4.79 Å². The Labute approximate surface area is 101 Å². The Morgan fingerprint density at radius 3 is 2.18 bits per heavy atom. The van der Waals surface area contributed by atoms with E-state index in [0.717, 1.165) is 25.2 Å². The van der Waals surface area contributed by atoms with Crippen molar-refractivity contribution < 1.29 is 19.7 Å². The van der Waals surface area contributed by atoms with Gasteiger partial charge in [-0.05, 0) is 51.4 Å². The monoisotopic (exact) mass is 243 g/mol. The quantitative estimate of drug-likeness (QED) is 0.646. The second kappa shape index (κ2) is 3.85. The summed E-state index contributed by atoms with van der Waals surface area (Å²) < 4.78 is 5.13. The van der Waals surface area contributed by atoms with Crippen LogP contribution in [0.2, 0.25) is 0 Å². The molecule has 5 nitrogen and oxygen atoms in total. The van der Waals surface area contributed by atoms with Gasteiger partial charge in [0.1, 0.15) is 5.60 Å². The number of aliphatic hydroxyl groups excluding tert-OH is 1. The predicted octanol–water partition coefficient (Wildman–Crippen LogP) is 0.990. The van der Waals surface area contributed by atoms with Crippen molar-refractivity contribution in [2.24, 2.45) is 11.3 Å². The van der Waals surface area contributed by atoms with Crippen LogP contribution in [0.3, 0.4) is 0 Å². The maximum absolute atomic E-state index is 11.6. The van der Waals surface area contributed by atoms with Gasteiger partial charge in [0.05, 0.1) is 6.04 Å². The van der Waals surface area contributed by atoms with Crippen molar-refractivity contribution in [2.75, 3.05) is 0 Å². The lowest BCUT2D eigenvalue weighted by Gasteiger charge is -2.65. The summed E-state index contributed by atoms with van der Waals surface area (Å²) in [4.78, 5) is 11.6. The number of carbonyl (C=O) groups excluding carboxylic acids is 1. The third-order valence-electron chi connectivity index (χ3n) is 3.72. The first-order valence-electron chi connectivity index (χ1n) is 6.07. The number of alkyl carbamates (subject to hydrolysis) is 1. The Bertz CT molecular complexity index is 304. The molecule has 3 aliphatic carbocycles. The van der Waals surface area contributed by atoms with E-state index in [2.05, 4.69) is 5.32 Å². The van der Waals surface area contributed by atoms with E-state index in [1.807, 2.05) is 0 Å². The molecule has 0 aromatic carbocycles. The topological polar surface area (TPSA) is 78.8 Å². The van der Waals surface area contributed by atoms with Crippen LogP contribution >= 0.6 is 0 Å². The number of hydrogen-bond donors (Lipinski definition) is 3. The molecule has 2 bridgehead atoms. The molecular weight excluding hydrogens is 222 g/mol. The fourth-order valence-electron chi connectivity index (χ4n) is 2.90. The molecule has 1 atom stereocenters. The van der Waals surface area contributed by atoms with Crippen LogP contribution in [-0.4, -0.2) is 34.2 Å². The number of rotatable bonds is 3. The van der Waals surface area contributed by atoms with Gasteiger partial charge in [-0.25, -0.2) is 4.79 Å². The van der Waals surface area contributed by atoms with Crippen molar-refractivity contribution in [1.82, 2.24) is 5.32 Å². The van der Waals surface area contributed by atoms with Crippen LogP contribution in [0.1, 0.15) is 40.0 Å². The Kier molecular flexibility index (Phi) is 2.86. The van der Waals surface area contributed by atoms with E-state index in [0.29, 0.717) is 0 Å². The van der Waals surface area contributed by atoms with Crippen molar-refractivity contribution >= 4 is 6.09 Å². The molecule has 0 aliphatic heterocycles. The summed E-state index contributed by atoms with van der Waals surface area (Å²) in [6.07, 6.45) is 0.824. The van der Waals surface area contributed by atoms with Gasteiger partial charge in [0, 0.05) is 0 Å². The lowest BCUT2D eigenvalue weighted by molar-refractivity contribution is -0.197. The minimum atomic E-state index is -1.52. The molecule has 0 aromatic rings. The van der Waals surface area contributed by atoms with E-state index in [9.17, 15) is 15.0 Å². The molecule has 0 aromatic heterocycles. The zero-order chi connectivity index (χ0) is 12.8. The van der Waals surface area contributed by atoms with E-state index in [4.69, 9.17) is 4.74 Å². The molecule has 1 unspecified atom stereocenters. The number of aliphatic hydroxyl groups is 2. The highest BCUT2D eigenvalue weighted by Gasteiger charge is 2.62. The van der Waals surface area contributed by atoms with Crippen molar-refractivity contribution in [2.45, 2.75) is 58.0 Å². The fourth-order valence-corrected chi connectivity index (χ4v) is 2.90. The number of carbonyl (C=O) groups is 1. The molecule has 0 spiro atoms. The normalized spacial score (nSPS) is 32.5. The third kappa shape index (κ3) is 2.40. The largest absolute Gasteiger partial charge is 0.444 e. The molecule has 0 saturated heterocycles. The van der Waals surface area contributed by atoms with Crippen molar-refractivity contribution in [3.8, 4) is 0 Å². The molecule has 98 valence electrons. The Morgan fingerprint density at radius 1 is 1.35 bits per heavy atom. The first kappa shape index (κ1) is 12.6. The number of amides is 1. The van der Waals surface area contributed by atoms with Crippen LogP contribution in [0.25, 0.3) is 0 Å². The summed E-state index contributed by atoms with van der Waals surface area (Å²) in [6.45, 7) is 5.33. The third-order valence-corrected chi connectivity index (χ3v) is 3.72. The molecule has 0 heterocycles. The number of hydrogen-bond acceptors (Lipinski definition) is 4. The molecule has 3 N–H and O–H groups in total. The van der Waals surface area contributed by atoms with Gasteiger partial charge in [-0.2, -0.15) is 0 Å². The number of nitrogens with one attached hydrogen (secondary N) is 1. The molecule has 0 radical (unpaired) electrons. The maximum atomic E-state index is 11.6. The second-order valence-corrected chi connectivity index (χ2v) is 6.38. The molecule has 3 aliphatic rings. The van der Waals surface area contributed by atoms with Gasteiger partial charge in [-0.3, -0.25) is 0 Å². The van der Waals surface area contributed by atoms with Crippen molar-refractivity contribution in [3.63, 3.8) is 0 Å². The summed E-state index contributed by atoms with van der Waals surface area (Å²) in [7, 11) is 0. The van der Waals surface area contributed by atoms with Gasteiger partial charge in [0.15, 0.2) is 6.29 Å².